The van der Waals surface area contributed by atoms with Crippen LogP contribution in [0.3, 0.4) is 0 Å². The lowest BCUT2D eigenvalue weighted by atomic mass is 9.85. The summed E-state index contributed by atoms with van der Waals surface area (Å²) < 4.78 is 0. The fraction of sp³-hybridized carbons (Fsp3) is 0.600. The molecule has 3 heteroatoms. The van der Waals surface area contributed by atoms with Crippen molar-refractivity contribution in [2.45, 2.75) is 40.0 Å². The first-order valence-electron chi connectivity index (χ1n) is 6.64. The van der Waals surface area contributed by atoms with Crippen LogP contribution in [0, 0.1) is 23.7 Å². The lowest BCUT2D eigenvalue weighted by Gasteiger charge is -2.24. The van der Waals surface area contributed by atoms with Crippen molar-refractivity contribution in [2.24, 2.45) is 5.41 Å². The zero-order valence-corrected chi connectivity index (χ0v) is 11.5. The van der Waals surface area contributed by atoms with Crippen LogP contribution >= 0.6 is 0 Å². The third-order valence-electron chi connectivity index (χ3n) is 3.73. The first-order valence-corrected chi connectivity index (χ1v) is 6.64. The van der Waals surface area contributed by atoms with Crippen molar-refractivity contribution in [1.29, 1.82) is 5.26 Å². The minimum absolute atomic E-state index is 0.427. The van der Waals surface area contributed by atoms with Crippen molar-refractivity contribution in [2.75, 3.05) is 18.0 Å². The predicted molar refractivity (Wildman–Crippen MR) is 73.5 cm³/mol. The third-order valence-corrected chi connectivity index (χ3v) is 3.73. The van der Waals surface area contributed by atoms with Gasteiger partial charge in [-0.1, -0.05) is 13.8 Å². The van der Waals surface area contributed by atoms with E-state index in [1.807, 2.05) is 19.1 Å². The van der Waals surface area contributed by atoms with Crippen molar-refractivity contribution in [3.05, 3.63) is 23.4 Å². The van der Waals surface area contributed by atoms with Gasteiger partial charge in [-0.3, -0.25) is 0 Å². The van der Waals surface area contributed by atoms with E-state index in [2.05, 4.69) is 29.8 Å². The van der Waals surface area contributed by atoms with Gasteiger partial charge in [0.15, 0.2) is 0 Å². The number of anilines is 1. The van der Waals surface area contributed by atoms with Gasteiger partial charge < -0.3 is 4.90 Å². The molecule has 2 rings (SSSR count). The number of nitrogens with zero attached hydrogens (tertiary/aromatic N) is 3. The third kappa shape index (κ3) is 3.01. The quantitative estimate of drug-likeness (QED) is 0.760. The molecule has 1 saturated heterocycles. The standard InChI is InChI=1S/C15H21N3/c1-12-9-13(11-16)10-14(17-12)18-7-4-5-15(2,3)6-8-18/h9-10H,4-8H2,1-3H3. The molecule has 96 valence electrons. The van der Waals surface area contributed by atoms with Crippen LogP contribution in [0.4, 0.5) is 5.82 Å². The van der Waals surface area contributed by atoms with Crippen LogP contribution in [0.1, 0.15) is 44.4 Å². The molecule has 3 nitrogen and oxygen atoms in total. The van der Waals surface area contributed by atoms with E-state index in [4.69, 9.17) is 5.26 Å². The lowest BCUT2D eigenvalue weighted by molar-refractivity contribution is 0.325. The van der Waals surface area contributed by atoms with Crippen LogP contribution < -0.4 is 4.90 Å². The van der Waals surface area contributed by atoms with Gasteiger partial charge in [0.1, 0.15) is 5.82 Å². The molecular weight excluding hydrogens is 222 g/mol. The summed E-state index contributed by atoms with van der Waals surface area (Å²) in [5.74, 6) is 0.962. The highest BCUT2D eigenvalue weighted by molar-refractivity contribution is 5.46. The van der Waals surface area contributed by atoms with Crippen molar-refractivity contribution in [3.8, 4) is 6.07 Å². The maximum Gasteiger partial charge on any atom is 0.130 e. The molecule has 1 aliphatic rings. The van der Waals surface area contributed by atoms with E-state index < -0.39 is 0 Å². The predicted octanol–water partition coefficient (Wildman–Crippen LogP) is 3.28. The van der Waals surface area contributed by atoms with Gasteiger partial charge in [0, 0.05) is 18.8 Å². The first-order chi connectivity index (χ1) is 8.50. The molecule has 2 heterocycles. The Morgan fingerprint density at radius 3 is 2.78 bits per heavy atom. The second-order valence-corrected chi connectivity index (χ2v) is 5.97. The number of rotatable bonds is 1. The molecule has 1 aliphatic heterocycles. The van der Waals surface area contributed by atoms with E-state index in [-0.39, 0.29) is 0 Å². The van der Waals surface area contributed by atoms with Crippen molar-refractivity contribution in [3.63, 3.8) is 0 Å². The van der Waals surface area contributed by atoms with Gasteiger partial charge in [0.2, 0.25) is 0 Å². The topological polar surface area (TPSA) is 39.9 Å². The number of pyridine rings is 1. The van der Waals surface area contributed by atoms with Gasteiger partial charge >= 0.3 is 0 Å². The van der Waals surface area contributed by atoms with Gasteiger partial charge in [0.25, 0.3) is 0 Å². The van der Waals surface area contributed by atoms with Crippen LogP contribution in [-0.2, 0) is 0 Å². The Morgan fingerprint density at radius 1 is 1.28 bits per heavy atom. The zero-order chi connectivity index (χ0) is 13.2. The SMILES string of the molecule is Cc1cc(C#N)cc(N2CCCC(C)(C)CC2)n1. The second kappa shape index (κ2) is 4.97. The van der Waals surface area contributed by atoms with E-state index in [1.165, 1.54) is 19.3 Å². The summed E-state index contributed by atoms with van der Waals surface area (Å²) in [6, 6.07) is 5.96. The minimum Gasteiger partial charge on any atom is -0.357 e. The molecule has 0 bridgehead atoms. The molecule has 0 aromatic carbocycles. The summed E-state index contributed by atoms with van der Waals surface area (Å²) in [5, 5.41) is 9.03. The Hall–Kier alpha value is -1.56. The molecule has 0 spiro atoms. The van der Waals surface area contributed by atoms with E-state index in [0.29, 0.717) is 11.0 Å². The average molecular weight is 243 g/mol. The molecule has 18 heavy (non-hydrogen) atoms. The number of hydrogen-bond donors (Lipinski definition) is 0. The van der Waals surface area contributed by atoms with Gasteiger partial charge in [-0.15, -0.1) is 0 Å². The van der Waals surface area contributed by atoms with E-state index in [0.717, 1.165) is 24.6 Å². The summed E-state index contributed by atoms with van der Waals surface area (Å²) >= 11 is 0. The van der Waals surface area contributed by atoms with Gasteiger partial charge in [0.05, 0.1) is 11.6 Å². The first kappa shape index (κ1) is 12.9. The van der Waals surface area contributed by atoms with E-state index >= 15 is 0 Å². The van der Waals surface area contributed by atoms with Crippen molar-refractivity contribution in [1.82, 2.24) is 4.98 Å². The Balaban J connectivity index is 2.21. The molecule has 1 aromatic rings. The fourth-order valence-corrected chi connectivity index (χ4v) is 2.53. The average Bonchev–Trinajstić information content (AvgIpc) is 2.49. The van der Waals surface area contributed by atoms with Gasteiger partial charge in [-0.2, -0.15) is 5.26 Å². The normalized spacial score (nSPS) is 19.1. The number of hydrogen-bond acceptors (Lipinski definition) is 3. The summed E-state index contributed by atoms with van der Waals surface area (Å²) in [6.07, 6.45) is 3.65. The molecule has 0 N–H and O–H groups in total. The summed E-state index contributed by atoms with van der Waals surface area (Å²) in [5.41, 5.74) is 2.06. The zero-order valence-electron chi connectivity index (χ0n) is 11.5. The largest absolute Gasteiger partial charge is 0.357 e. The molecule has 1 aromatic heterocycles. The number of aryl methyl sites for hydroxylation is 1. The minimum atomic E-state index is 0.427. The van der Waals surface area contributed by atoms with Crippen LogP contribution in [0.2, 0.25) is 0 Å². The molecule has 0 saturated carbocycles. The molecular formula is C15H21N3. The molecule has 0 radical (unpaired) electrons. The monoisotopic (exact) mass is 243 g/mol. The summed E-state index contributed by atoms with van der Waals surface area (Å²) in [7, 11) is 0. The summed E-state index contributed by atoms with van der Waals surface area (Å²) in [4.78, 5) is 6.89. The Kier molecular flexibility index (Phi) is 3.56. The fourth-order valence-electron chi connectivity index (χ4n) is 2.53. The van der Waals surface area contributed by atoms with Crippen LogP contribution in [0.15, 0.2) is 12.1 Å². The Labute approximate surface area is 109 Å². The highest BCUT2D eigenvalue weighted by atomic mass is 15.2. The lowest BCUT2D eigenvalue weighted by Crippen LogP contribution is -2.26. The maximum atomic E-state index is 9.03. The molecule has 0 aliphatic carbocycles. The summed E-state index contributed by atoms with van der Waals surface area (Å²) in [6.45, 7) is 8.70. The van der Waals surface area contributed by atoms with Crippen molar-refractivity contribution >= 4 is 5.82 Å². The molecule has 0 atom stereocenters. The van der Waals surface area contributed by atoms with Crippen LogP contribution in [0.25, 0.3) is 0 Å². The van der Waals surface area contributed by atoms with E-state index in [9.17, 15) is 0 Å². The van der Waals surface area contributed by atoms with Crippen LogP contribution in [0.5, 0.6) is 0 Å². The Bertz CT molecular complexity index is 471. The van der Waals surface area contributed by atoms with Crippen molar-refractivity contribution < 1.29 is 0 Å². The Morgan fingerprint density at radius 2 is 2.06 bits per heavy atom. The molecule has 1 fully saturated rings. The highest BCUT2D eigenvalue weighted by Crippen LogP contribution is 2.31. The maximum absolute atomic E-state index is 9.03. The number of nitriles is 1. The van der Waals surface area contributed by atoms with Crippen LogP contribution in [-0.4, -0.2) is 18.1 Å². The smallest absolute Gasteiger partial charge is 0.130 e. The van der Waals surface area contributed by atoms with E-state index in [1.54, 1.807) is 0 Å². The molecule has 0 unspecified atom stereocenters. The van der Waals surface area contributed by atoms with Gasteiger partial charge in [-0.25, -0.2) is 4.98 Å². The highest BCUT2D eigenvalue weighted by Gasteiger charge is 2.23. The number of aromatic nitrogens is 1. The molecule has 0 amide bonds. The second-order valence-electron chi connectivity index (χ2n) is 5.97. The van der Waals surface area contributed by atoms with Gasteiger partial charge in [-0.05, 0) is 43.7 Å².